The van der Waals surface area contributed by atoms with Gasteiger partial charge in [0, 0.05) is 31.4 Å². The molecule has 0 unspecified atom stereocenters. The van der Waals surface area contributed by atoms with Gasteiger partial charge in [-0.3, -0.25) is 19.1 Å². The van der Waals surface area contributed by atoms with Crippen LogP contribution in [0.25, 0.3) is 36.8 Å². The lowest BCUT2D eigenvalue weighted by Crippen LogP contribution is -2.26. The van der Waals surface area contributed by atoms with Gasteiger partial charge in [-0.05, 0) is 61.0 Å². The highest BCUT2D eigenvalue weighted by molar-refractivity contribution is 7.22. The molecular weight excluding hydrogens is 605 g/mol. The monoisotopic (exact) mass is 625 g/mol. The molecule has 7 rings (SSSR count). The Morgan fingerprint density at radius 2 is 1.80 bits per heavy atom. The SMILES string of the molecule is CCn1cnc(-c2cc3nccc(Oc4ccc(CC(=O)c5cc6ncsc6n(-c6ccc(F)cc6)c5=O)cc4F)c3s2)c1. The molecule has 7 aromatic rings. The molecule has 5 heterocycles. The summed E-state index contributed by atoms with van der Waals surface area (Å²) in [5.41, 5.74) is 3.68. The molecular formula is C32H21F2N5O3S2. The van der Waals surface area contributed by atoms with Crippen LogP contribution in [0.5, 0.6) is 11.5 Å². The lowest BCUT2D eigenvalue weighted by Gasteiger charge is -2.11. The van der Waals surface area contributed by atoms with Crippen LogP contribution in [0.4, 0.5) is 8.78 Å². The smallest absolute Gasteiger partial charge is 0.267 e. The van der Waals surface area contributed by atoms with E-state index in [9.17, 15) is 14.0 Å². The highest BCUT2D eigenvalue weighted by atomic mass is 32.1. The summed E-state index contributed by atoms with van der Waals surface area (Å²) in [6, 6.07) is 14.7. The van der Waals surface area contributed by atoms with Gasteiger partial charge in [0.25, 0.3) is 5.56 Å². The number of thiazole rings is 1. The van der Waals surface area contributed by atoms with Gasteiger partial charge in [-0.15, -0.1) is 22.7 Å². The second kappa shape index (κ2) is 11.2. The molecule has 0 amide bonds. The third kappa shape index (κ3) is 5.07. The van der Waals surface area contributed by atoms with Gasteiger partial charge in [0.15, 0.2) is 17.3 Å². The molecule has 2 aromatic carbocycles. The Kier molecular flexibility index (Phi) is 7.07. The van der Waals surface area contributed by atoms with Crippen molar-refractivity contribution in [2.45, 2.75) is 19.9 Å². The van der Waals surface area contributed by atoms with Gasteiger partial charge < -0.3 is 9.30 Å². The van der Waals surface area contributed by atoms with E-state index < -0.39 is 23.0 Å². The maximum atomic E-state index is 15.3. The van der Waals surface area contributed by atoms with Gasteiger partial charge in [0.05, 0.1) is 49.4 Å². The number of carbonyl (C=O) groups is 1. The lowest BCUT2D eigenvalue weighted by atomic mass is 10.0. The molecule has 0 atom stereocenters. The van der Waals surface area contributed by atoms with Gasteiger partial charge in [-0.2, -0.15) is 0 Å². The van der Waals surface area contributed by atoms with E-state index in [1.807, 2.05) is 23.8 Å². The number of hydrogen-bond donors (Lipinski definition) is 0. The number of nitrogens with zero attached hydrogens (tertiary/aromatic N) is 5. The van der Waals surface area contributed by atoms with E-state index in [4.69, 9.17) is 4.74 Å². The Labute approximate surface area is 256 Å². The van der Waals surface area contributed by atoms with E-state index in [1.54, 1.807) is 30.2 Å². The maximum absolute atomic E-state index is 15.3. The fourth-order valence-corrected chi connectivity index (χ4v) is 6.69. The quantitative estimate of drug-likeness (QED) is 0.163. The Bertz CT molecular complexity index is 2250. The summed E-state index contributed by atoms with van der Waals surface area (Å²) in [6.07, 6.45) is 5.11. The van der Waals surface area contributed by atoms with E-state index in [1.165, 1.54) is 69.7 Å². The predicted octanol–water partition coefficient (Wildman–Crippen LogP) is 7.44. The first-order chi connectivity index (χ1) is 21.4. The van der Waals surface area contributed by atoms with Gasteiger partial charge in [0.1, 0.15) is 16.4 Å². The third-order valence-corrected chi connectivity index (χ3v) is 9.07. The van der Waals surface area contributed by atoms with Gasteiger partial charge in [-0.25, -0.2) is 18.7 Å². The molecule has 0 bridgehead atoms. The van der Waals surface area contributed by atoms with Crippen molar-refractivity contribution in [3.8, 4) is 27.8 Å². The van der Waals surface area contributed by atoms with Crippen molar-refractivity contribution >= 4 is 49.0 Å². The van der Waals surface area contributed by atoms with E-state index in [0.29, 0.717) is 32.9 Å². The van der Waals surface area contributed by atoms with Crippen LogP contribution in [0.3, 0.4) is 0 Å². The number of thiophene rings is 1. The lowest BCUT2D eigenvalue weighted by molar-refractivity contribution is 0.0991. The summed E-state index contributed by atoms with van der Waals surface area (Å²) in [7, 11) is 0. The van der Waals surface area contributed by atoms with Crippen molar-refractivity contribution in [2.75, 3.05) is 0 Å². The Hall–Kier alpha value is -5.07. The molecule has 0 saturated heterocycles. The Balaban J connectivity index is 1.15. The zero-order chi connectivity index (χ0) is 30.4. The number of benzene rings is 2. The van der Waals surface area contributed by atoms with Crippen LogP contribution in [-0.4, -0.2) is 29.9 Å². The molecule has 0 radical (unpaired) electrons. The maximum Gasteiger partial charge on any atom is 0.267 e. The van der Waals surface area contributed by atoms with Crippen LogP contribution in [0.15, 0.2) is 89.7 Å². The van der Waals surface area contributed by atoms with Crippen LogP contribution in [0.2, 0.25) is 0 Å². The van der Waals surface area contributed by atoms with Crippen molar-refractivity contribution in [1.29, 1.82) is 0 Å². The zero-order valence-corrected chi connectivity index (χ0v) is 24.7. The third-order valence-electron chi connectivity index (χ3n) is 7.09. The first-order valence-corrected chi connectivity index (χ1v) is 15.2. The van der Waals surface area contributed by atoms with Crippen LogP contribution >= 0.6 is 22.7 Å². The molecule has 0 saturated carbocycles. The highest BCUT2D eigenvalue weighted by Crippen LogP contribution is 2.39. The van der Waals surface area contributed by atoms with Gasteiger partial charge in [-0.1, -0.05) is 6.07 Å². The molecule has 5 aromatic heterocycles. The molecule has 8 nitrogen and oxygen atoms in total. The molecule has 0 aliphatic carbocycles. The summed E-state index contributed by atoms with van der Waals surface area (Å²) in [5.74, 6) is -1.17. The molecule has 0 fully saturated rings. The number of aryl methyl sites for hydroxylation is 1. The fourth-order valence-electron chi connectivity index (χ4n) is 4.87. The van der Waals surface area contributed by atoms with E-state index in [2.05, 4.69) is 15.0 Å². The average molecular weight is 626 g/mol. The molecule has 44 heavy (non-hydrogen) atoms. The number of hydrogen-bond acceptors (Lipinski definition) is 8. The molecule has 0 aliphatic heterocycles. The normalized spacial score (nSPS) is 11.4. The Morgan fingerprint density at radius 3 is 2.57 bits per heavy atom. The summed E-state index contributed by atoms with van der Waals surface area (Å²) in [4.78, 5) is 41.4. The van der Waals surface area contributed by atoms with E-state index in [-0.39, 0.29) is 17.7 Å². The van der Waals surface area contributed by atoms with Gasteiger partial charge in [0.2, 0.25) is 0 Å². The average Bonchev–Trinajstić information content (AvgIpc) is 3.78. The van der Waals surface area contributed by atoms with Crippen LogP contribution in [-0.2, 0) is 13.0 Å². The number of halogens is 2. The van der Waals surface area contributed by atoms with Gasteiger partial charge >= 0.3 is 0 Å². The molecule has 12 heteroatoms. The number of fused-ring (bicyclic) bond motifs is 2. The standard InChI is InChI=1S/C32H21F2N5O3S2/c1-2-38-15-25(36-16-38)29-14-23-30(44-29)28(9-10-35-23)42-27-8-3-18(11-22(27)34)12-26(40)21-13-24-32(43-17-37-24)39(31(21)41)20-6-4-19(33)5-7-20/h3-11,13-17H,2,12H2,1H3. The fraction of sp³-hybridized carbons (Fsp3) is 0.0938. The summed E-state index contributed by atoms with van der Waals surface area (Å²) in [6.45, 7) is 2.84. The minimum Gasteiger partial charge on any atom is -0.453 e. The number of aromatic nitrogens is 5. The minimum atomic E-state index is -0.655. The van der Waals surface area contributed by atoms with Crippen molar-refractivity contribution in [2.24, 2.45) is 0 Å². The largest absolute Gasteiger partial charge is 0.453 e. The number of ketones is 1. The second-order valence-electron chi connectivity index (χ2n) is 9.91. The summed E-state index contributed by atoms with van der Waals surface area (Å²) < 4.78 is 38.9. The number of ether oxygens (including phenoxy) is 1. The predicted molar refractivity (Wildman–Crippen MR) is 166 cm³/mol. The first kappa shape index (κ1) is 27.7. The number of Topliss-reactive ketones (excluding diaryl/α,β-unsaturated/α-hetero) is 1. The summed E-state index contributed by atoms with van der Waals surface area (Å²) >= 11 is 2.69. The Morgan fingerprint density at radius 1 is 0.955 bits per heavy atom. The summed E-state index contributed by atoms with van der Waals surface area (Å²) in [5, 5.41) is 0. The number of carbonyl (C=O) groups excluding carboxylic acids is 1. The van der Waals surface area contributed by atoms with Crippen molar-refractivity contribution in [3.63, 3.8) is 0 Å². The second-order valence-corrected chi connectivity index (χ2v) is 11.8. The number of pyridine rings is 2. The number of imidazole rings is 1. The zero-order valence-electron chi connectivity index (χ0n) is 23.0. The van der Waals surface area contributed by atoms with Crippen LogP contribution < -0.4 is 10.3 Å². The van der Waals surface area contributed by atoms with Crippen molar-refractivity contribution < 1.29 is 18.3 Å². The molecule has 218 valence electrons. The number of rotatable bonds is 8. The van der Waals surface area contributed by atoms with Crippen molar-refractivity contribution in [1.82, 2.24) is 24.1 Å². The van der Waals surface area contributed by atoms with Crippen LogP contribution in [0, 0.1) is 11.6 Å². The molecule has 0 spiro atoms. The topological polar surface area (TPSA) is 91.9 Å². The minimum absolute atomic E-state index is 0.0125. The molecule has 0 N–H and O–H groups in total. The van der Waals surface area contributed by atoms with Crippen LogP contribution in [0.1, 0.15) is 22.8 Å². The van der Waals surface area contributed by atoms with E-state index >= 15 is 4.39 Å². The first-order valence-electron chi connectivity index (χ1n) is 13.5. The highest BCUT2D eigenvalue weighted by Gasteiger charge is 2.20. The molecule has 0 aliphatic rings. The van der Waals surface area contributed by atoms with E-state index in [0.717, 1.165) is 21.8 Å². The van der Waals surface area contributed by atoms with Crippen molar-refractivity contribution in [3.05, 3.63) is 118 Å².